The van der Waals surface area contributed by atoms with Gasteiger partial charge in [0.05, 0.1) is 6.54 Å². The Hall–Kier alpha value is -1.89. The summed E-state index contributed by atoms with van der Waals surface area (Å²) < 4.78 is 0. The summed E-state index contributed by atoms with van der Waals surface area (Å²) in [5.41, 5.74) is 5.45. The summed E-state index contributed by atoms with van der Waals surface area (Å²) >= 11 is 0. The van der Waals surface area contributed by atoms with Gasteiger partial charge in [-0.3, -0.25) is 4.99 Å². The maximum atomic E-state index is 4.40. The number of rotatable bonds is 0. The van der Waals surface area contributed by atoms with E-state index < -0.39 is 0 Å². The van der Waals surface area contributed by atoms with Crippen LogP contribution in [0.4, 0.5) is 0 Å². The molecule has 2 aromatic carbocycles. The van der Waals surface area contributed by atoms with Crippen molar-refractivity contribution < 1.29 is 0 Å². The highest BCUT2D eigenvalue weighted by Crippen LogP contribution is 2.34. The zero-order valence-electron chi connectivity index (χ0n) is 8.90. The molecule has 0 atom stereocenters. The highest BCUT2D eigenvalue weighted by Gasteiger charge is 2.15. The minimum absolute atomic E-state index is 0.830. The highest BCUT2D eigenvalue weighted by molar-refractivity contribution is 6.07. The molecule has 0 N–H and O–H groups in total. The molecule has 2 aliphatic rings. The SMILES string of the molecule is C1=Cc2ccc3c4c(ccc(c24)C1)CN=C3. The molecule has 0 aromatic heterocycles. The van der Waals surface area contributed by atoms with Gasteiger partial charge in [-0.05, 0) is 33.9 Å². The minimum Gasteiger partial charge on any atom is -0.288 e. The van der Waals surface area contributed by atoms with Gasteiger partial charge in [0.25, 0.3) is 0 Å². The van der Waals surface area contributed by atoms with Gasteiger partial charge in [0, 0.05) is 11.8 Å². The molecule has 0 bridgehead atoms. The fraction of sp³-hybridized carbons (Fsp3) is 0.133. The molecule has 0 saturated heterocycles. The van der Waals surface area contributed by atoms with Crippen molar-refractivity contribution in [1.29, 1.82) is 0 Å². The molecule has 76 valence electrons. The molecule has 1 heteroatoms. The average Bonchev–Trinajstić information content (AvgIpc) is 2.36. The first-order valence-electron chi connectivity index (χ1n) is 5.67. The second kappa shape index (κ2) is 2.82. The van der Waals surface area contributed by atoms with Gasteiger partial charge in [-0.25, -0.2) is 0 Å². The van der Waals surface area contributed by atoms with Crippen LogP contribution in [0, 0.1) is 0 Å². The molecule has 4 rings (SSSR count). The lowest BCUT2D eigenvalue weighted by atomic mass is 9.87. The summed E-state index contributed by atoms with van der Waals surface area (Å²) in [6, 6.07) is 8.89. The Morgan fingerprint density at radius 3 is 2.69 bits per heavy atom. The van der Waals surface area contributed by atoms with Crippen LogP contribution in [-0.4, -0.2) is 6.21 Å². The molecule has 1 aliphatic heterocycles. The van der Waals surface area contributed by atoms with E-state index in [0.29, 0.717) is 0 Å². The van der Waals surface area contributed by atoms with E-state index in [9.17, 15) is 0 Å². The van der Waals surface area contributed by atoms with Crippen molar-refractivity contribution in [2.45, 2.75) is 13.0 Å². The molecule has 0 spiro atoms. The number of aliphatic imine (C=N–C) groups is 1. The number of nitrogens with zero attached hydrogens (tertiary/aromatic N) is 1. The number of hydrogen-bond donors (Lipinski definition) is 0. The Balaban J connectivity index is 2.29. The second-order valence-electron chi connectivity index (χ2n) is 4.45. The monoisotopic (exact) mass is 205 g/mol. The van der Waals surface area contributed by atoms with Crippen LogP contribution in [0.2, 0.25) is 0 Å². The Morgan fingerprint density at radius 1 is 0.875 bits per heavy atom. The van der Waals surface area contributed by atoms with Crippen LogP contribution >= 0.6 is 0 Å². The fourth-order valence-electron chi connectivity index (χ4n) is 2.80. The van der Waals surface area contributed by atoms with Gasteiger partial charge in [0.1, 0.15) is 0 Å². The van der Waals surface area contributed by atoms with Crippen molar-refractivity contribution >= 4 is 23.1 Å². The molecular formula is C15H11N. The average molecular weight is 205 g/mol. The molecule has 0 unspecified atom stereocenters. The maximum Gasteiger partial charge on any atom is 0.0646 e. The second-order valence-corrected chi connectivity index (χ2v) is 4.45. The Labute approximate surface area is 94.1 Å². The molecule has 2 aromatic rings. The summed E-state index contributed by atoms with van der Waals surface area (Å²) in [5.74, 6) is 0. The van der Waals surface area contributed by atoms with Crippen molar-refractivity contribution in [1.82, 2.24) is 0 Å². The van der Waals surface area contributed by atoms with E-state index in [-0.39, 0.29) is 0 Å². The van der Waals surface area contributed by atoms with Crippen LogP contribution in [0.15, 0.2) is 35.3 Å². The van der Waals surface area contributed by atoms with Crippen LogP contribution in [0.1, 0.15) is 22.3 Å². The van der Waals surface area contributed by atoms with Gasteiger partial charge in [-0.15, -0.1) is 0 Å². The predicted octanol–water partition coefficient (Wildman–Crippen LogP) is 3.34. The maximum absolute atomic E-state index is 4.40. The van der Waals surface area contributed by atoms with Crippen LogP contribution < -0.4 is 0 Å². The molecule has 0 amide bonds. The van der Waals surface area contributed by atoms with E-state index >= 15 is 0 Å². The smallest absolute Gasteiger partial charge is 0.0646 e. The van der Waals surface area contributed by atoms with Crippen molar-refractivity contribution in [3.05, 3.63) is 52.6 Å². The van der Waals surface area contributed by atoms with Gasteiger partial charge < -0.3 is 0 Å². The first-order chi connectivity index (χ1) is 7.93. The van der Waals surface area contributed by atoms with Crippen LogP contribution in [-0.2, 0) is 13.0 Å². The molecule has 1 nitrogen and oxygen atoms in total. The minimum atomic E-state index is 0.830. The van der Waals surface area contributed by atoms with Gasteiger partial charge in [-0.1, -0.05) is 36.4 Å². The van der Waals surface area contributed by atoms with Gasteiger partial charge >= 0.3 is 0 Å². The third-order valence-corrected chi connectivity index (χ3v) is 3.52. The van der Waals surface area contributed by atoms with E-state index in [0.717, 1.165) is 13.0 Å². The lowest BCUT2D eigenvalue weighted by Crippen LogP contribution is -2.02. The van der Waals surface area contributed by atoms with E-state index in [2.05, 4.69) is 41.4 Å². The van der Waals surface area contributed by atoms with Crippen molar-refractivity contribution in [3.8, 4) is 0 Å². The van der Waals surface area contributed by atoms with Crippen molar-refractivity contribution in [3.63, 3.8) is 0 Å². The summed E-state index contributed by atoms with van der Waals surface area (Å²) in [7, 11) is 0. The van der Waals surface area contributed by atoms with E-state index in [1.807, 2.05) is 6.21 Å². The molecule has 0 radical (unpaired) electrons. The zero-order valence-corrected chi connectivity index (χ0v) is 8.90. The molecular weight excluding hydrogens is 194 g/mol. The van der Waals surface area contributed by atoms with E-state index in [1.165, 1.54) is 33.0 Å². The summed E-state index contributed by atoms with van der Waals surface area (Å²) in [6.07, 6.45) is 7.55. The van der Waals surface area contributed by atoms with E-state index in [4.69, 9.17) is 0 Å². The Bertz CT molecular complexity index is 604. The topological polar surface area (TPSA) is 12.4 Å². The third kappa shape index (κ3) is 0.929. The Morgan fingerprint density at radius 2 is 1.69 bits per heavy atom. The lowest BCUT2D eigenvalue weighted by Gasteiger charge is -2.19. The fourth-order valence-corrected chi connectivity index (χ4v) is 2.80. The van der Waals surface area contributed by atoms with Crippen LogP contribution in [0.25, 0.3) is 16.8 Å². The highest BCUT2D eigenvalue weighted by atomic mass is 14.7. The molecule has 0 fully saturated rings. The zero-order chi connectivity index (χ0) is 10.5. The normalized spacial score (nSPS) is 15.8. The number of benzene rings is 2. The summed E-state index contributed by atoms with van der Waals surface area (Å²) in [6.45, 7) is 0.830. The van der Waals surface area contributed by atoms with E-state index in [1.54, 1.807) is 0 Å². The quantitative estimate of drug-likeness (QED) is 0.625. The van der Waals surface area contributed by atoms with Crippen molar-refractivity contribution in [2.75, 3.05) is 0 Å². The van der Waals surface area contributed by atoms with Crippen LogP contribution in [0.5, 0.6) is 0 Å². The summed E-state index contributed by atoms with van der Waals surface area (Å²) in [4.78, 5) is 4.40. The van der Waals surface area contributed by atoms with Gasteiger partial charge in [0.2, 0.25) is 0 Å². The lowest BCUT2D eigenvalue weighted by molar-refractivity contribution is 1.08. The molecule has 16 heavy (non-hydrogen) atoms. The summed E-state index contributed by atoms with van der Waals surface area (Å²) in [5, 5.41) is 2.87. The Kier molecular flexibility index (Phi) is 1.46. The third-order valence-electron chi connectivity index (χ3n) is 3.52. The molecule has 0 saturated carbocycles. The predicted molar refractivity (Wildman–Crippen MR) is 68.0 cm³/mol. The number of allylic oxidation sites excluding steroid dienone is 1. The van der Waals surface area contributed by atoms with Gasteiger partial charge in [0.15, 0.2) is 0 Å². The first kappa shape index (κ1) is 8.28. The van der Waals surface area contributed by atoms with Gasteiger partial charge in [-0.2, -0.15) is 0 Å². The molecule has 1 aliphatic carbocycles. The largest absolute Gasteiger partial charge is 0.288 e. The standard InChI is InChI=1S/C15H11N/c1-2-10-4-6-12-8-16-9-13-7-5-11(3-1)14(10)15(12)13/h1-2,4-8H,3,9H2. The van der Waals surface area contributed by atoms with Crippen molar-refractivity contribution in [2.24, 2.45) is 4.99 Å². The molecule has 1 heterocycles. The van der Waals surface area contributed by atoms with Crippen LogP contribution in [0.3, 0.4) is 0 Å². The first-order valence-corrected chi connectivity index (χ1v) is 5.67. The number of hydrogen-bond acceptors (Lipinski definition) is 1.